The third-order valence-electron chi connectivity index (χ3n) is 3.19. The van der Waals surface area contributed by atoms with Crippen LogP contribution in [0.4, 0.5) is 5.69 Å². The number of aromatic nitrogens is 1. The summed E-state index contributed by atoms with van der Waals surface area (Å²) in [4.78, 5) is 6.44. The molecule has 3 rings (SSSR count). The highest BCUT2D eigenvalue weighted by Crippen LogP contribution is 2.24. The third-order valence-corrected chi connectivity index (χ3v) is 3.19. The zero-order chi connectivity index (χ0) is 13.1. The fourth-order valence-electron chi connectivity index (χ4n) is 2.10. The average Bonchev–Trinajstić information content (AvgIpc) is 2.44. The normalized spacial score (nSPS) is 14.9. The van der Waals surface area contributed by atoms with Crippen LogP contribution >= 0.6 is 0 Å². The predicted octanol–water partition coefficient (Wildman–Crippen LogP) is 2.36. The molecular formula is C15H16N2O2. The summed E-state index contributed by atoms with van der Waals surface area (Å²) in [5.41, 5.74) is 1.11. The van der Waals surface area contributed by atoms with Crippen molar-refractivity contribution >= 4 is 5.69 Å². The Labute approximate surface area is 112 Å². The van der Waals surface area contributed by atoms with Crippen molar-refractivity contribution in [3.05, 3.63) is 48.7 Å². The number of anilines is 1. The van der Waals surface area contributed by atoms with Gasteiger partial charge in [0.2, 0.25) is 5.88 Å². The van der Waals surface area contributed by atoms with Crippen LogP contribution in [0.25, 0.3) is 0 Å². The van der Waals surface area contributed by atoms with Crippen LogP contribution < -0.4 is 14.4 Å². The van der Waals surface area contributed by atoms with Crippen molar-refractivity contribution in [1.29, 1.82) is 0 Å². The van der Waals surface area contributed by atoms with Crippen LogP contribution in [0.15, 0.2) is 48.7 Å². The van der Waals surface area contributed by atoms with Gasteiger partial charge < -0.3 is 14.4 Å². The molecule has 0 saturated carbocycles. The summed E-state index contributed by atoms with van der Waals surface area (Å²) in [5.74, 6) is 1.57. The van der Waals surface area contributed by atoms with Crippen LogP contribution in [0, 0.1) is 0 Å². The lowest BCUT2D eigenvalue weighted by Crippen LogP contribution is -2.54. The molecule has 0 N–H and O–H groups in total. The van der Waals surface area contributed by atoms with Crippen molar-refractivity contribution in [3.63, 3.8) is 0 Å². The monoisotopic (exact) mass is 256 g/mol. The second kappa shape index (κ2) is 5.18. The maximum absolute atomic E-state index is 5.86. The Morgan fingerprint density at radius 1 is 1.11 bits per heavy atom. The highest BCUT2D eigenvalue weighted by Gasteiger charge is 2.28. The lowest BCUT2D eigenvalue weighted by atomic mass is 10.1. The van der Waals surface area contributed by atoms with Crippen LogP contribution in [0.1, 0.15) is 0 Å². The van der Waals surface area contributed by atoms with Gasteiger partial charge in [0.1, 0.15) is 11.9 Å². The second-order valence-corrected chi connectivity index (χ2v) is 4.52. The van der Waals surface area contributed by atoms with Crippen molar-refractivity contribution in [1.82, 2.24) is 4.98 Å². The highest BCUT2D eigenvalue weighted by atomic mass is 16.5. The summed E-state index contributed by atoms with van der Waals surface area (Å²) in [6.07, 6.45) is 2.09. The lowest BCUT2D eigenvalue weighted by molar-refractivity contribution is 0.167. The summed E-state index contributed by atoms with van der Waals surface area (Å²) in [6.45, 7) is 1.78. The lowest BCUT2D eigenvalue weighted by Gasteiger charge is -2.40. The maximum atomic E-state index is 5.86. The van der Waals surface area contributed by atoms with Gasteiger partial charge >= 0.3 is 0 Å². The van der Waals surface area contributed by atoms with E-state index in [1.807, 2.05) is 48.7 Å². The van der Waals surface area contributed by atoms with Gasteiger partial charge in [0.25, 0.3) is 0 Å². The fourth-order valence-corrected chi connectivity index (χ4v) is 2.10. The Morgan fingerprint density at radius 3 is 2.53 bits per heavy atom. The zero-order valence-corrected chi connectivity index (χ0v) is 10.8. The molecule has 19 heavy (non-hydrogen) atoms. The smallest absolute Gasteiger partial charge is 0.213 e. The maximum Gasteiger partial charge on any atom is 0.213 e. The van der Waals surface area contributed by atoms with Gasteiger partial charge in [-0.2, -0.15) is 0 Å². The van der Waals surface area contributed by atoms with Crippen molar-refractivity contribution in [2.75, 3.05) is 25.1 Å². The minimum absolute atomic E-state index is 0.254. The van der Waals surface area contributed by atoms with Crippen LogP contribution in [0.5, 0.6) is 11.6 Å². The average molecular weight is 256 g/mol. The quantitative estimate of drug-likeness (QED) is 0.841. The molecule has 1 aromatic carbocycles. The van der Waals surface area contributed by atoms with E-state index in [1.54, 1.807) is 7.11 Å². The van der Waals surface area contributed by atoms with E-state index in [-0.39, 0.29) is 6.10 Å². The number of ether oxygens (including phenoxy) is 2. The first-order valence-electron chi connectivity index (χ1n) is 6.32. The summed E-state index contributed by atoms with van der Waals surface area (Å²) in [6, 6.07) is 13.8. The molecule has 1 aliphatic rings. The molecule has 0 bridgehead atoms. The van der Waals surface area contributed by atoms with Crippen LogP contribution in [0.2, 0.25) is 0 Å². The number of pyridine rings is 1. The first-order valence-corrected chi connectivity index (χ1v) is 6.32. The molecule has 2 heterocycles. The van der Waals surface area contributed by atoms with E-state index < -0.39 is 0 Å². The number of rotatable bonds is 4. The molecule has 0 spiro atoms. The number of benzene rings is 1. The van der Waals surface area contributed by atoms with Crippen molar-refractivity contribution in [3.8, 4) is 11.6 Å². The topological polar surface area (TPSA) is 34.6 Å². The van der Waals surface area contributed by atoms with E-state index >= 15 is 0 Å². The summed E-state index contributed by atoms with van der Waals surface area (Å²) in [7, 11) is 1.62. The Kier molecular flexibility index (Phi) is 3.23. The van der Waals surface area contributed by atoms with E-state index in [4.69, 9.17) is 9.47 Å². The minimum Gasteiger partial charge on any atom is -0.487 e. The van der Waals surface area contributed by atoms with Crippen molar-refractivity contribution in [2.45, 2.75) is 6.10 Å². The number of methoxy groups -OCH3 is 1. The summed E-state index contributed by atoms with van der Waals surface area (Å²) < 4.78 is 10.9. The first kappa shape index (κ1) is 11.8. The van der Waals surface area contributed by atoms with Gasteiger partial charge in [0.15, 0.2) is 0 Å². The fraction of sp³-hybridized carbons (Fsp3) is 0.267. The standard InChI is InChI=1S/C15H16N2O2/c1-18-15-8-7-12(9-16-15)17-10-14(11-17)19-13-5-3-2-4-6-13/h2-9,14H,10-11H2,1H3. The van der Waals surface area contributed by atoms with Gasteiger partial charge in [-0.05, 0) is 18.2 Å². The molecule has 1 aromatic heterocycles. The van der Waals surface area contributed by atoms with Crippen LogP contribution in [-0.4, -0.2) is 31.3 Å². The predicted molar refractivity (Wildman–Crippen MR) is 73.9 cm³/mol. The Morgan fingerprint density at radius 2 is 1.89 bits per heavy atom. The molecule has 1 fully saturated rings. The highest BCUT2D eigenvalue weighted by molar-refractivity contribution is 5.48. The molecule has 98 valence electrons. The molecule has 4 nitrogen and oxygen atoms in total. The molecule has 0 aliphatic carbocycles. The number of para-hydroxylation sites is 1. The number of hydrogen-bond acceptors (Lipinski definition) is 4. The molecular weight excluding hydrogens is 240 g/mol. The van der Waals surface area contributed by atoms with Crippen LogP contribution in [-0.2, 0) is 0 Å². The minimum atomic E-state index is 0.254. The Bertz CT molecular complexity index is 522. The van der Waals surface area contributed by atoms with Gasteiger partial charge in [-0.25, -0.2) is 4.98 Å². The second-order valence-electron chi connectivity index (χ2n) is 4.52. The first-order chi connectivity index (χ1) is 9.35. The number of nitrogens with zero attached hydrogens (tertiary/aromatic N) is 2. The van der Waals surface area contributed by atoms with E-state index in [9.17, 15) is 0 Å². The van der Waals surface area contributed by atoms with Gasteiger partial charge in [0.05, 0.1) is 32.1 Å². The van der Waals surface area contributed by atoms with Gasteiger partial charge in [0, 0.05) is 6.07 Å². The van der Waals surface area contributed by atoms with Crippen LogP contribution in [0.3, 0.4) is 0 Å². The van der Waals surface area contributed by atoms with Gasteiger partial charge in [-0.3, -0.25) is 0 Å². The molecule has 4 heteroatoms. The summed E-state index contributed by atoms with van der Waals surface area (Å²) in [5, 5.41) is 0. The molecule has 0 atom stereocenters. The van der Waals surface area contributed by atoms with E-state index in [1.165, 1.54) is 0 Å². The Balaban J connectivity index is 1.54. The van der Waals surface area contributed by atoms with Gasteiger partial charge in [-0.1, -0.05) is 18.2 Å². The van der Waals surface area contributed by atoms with E-state index in [0.29, 0.717) is 5.88 Å². The molecule has 1 aliphatic heterocycles. The molecule has 0 radical (unpaired) electrons. The van der Waals surface area contributed by atoms with E-state index in [2.05, 4.69) is 9.88 Å². The van der Waals surface area contributed by atoms with E-state index in [0.717, 1.165) is 24.5 Å². The van der Waals surface area contributed by atoms with Crippen molar-refractivity contribution in [2.24, 2.45) is 0 Å². The Hall–Kier alpha value is -2.23. The number of hydrogen-bond donors (Lipinski definition) is 0. The zero-order valence-electron chi connectivity index (χ0n) is 10.8. The third kappa shape index (κ3) is 2.62. The SMILES string of the molecule is COc1ccc(N2CC(Oc3ccccc3)C2)cn1. The van der Waals surface area contributed by atoms with Gasteiger partial charge in [-0.15, -0.1) is 0 Å². The summed E-state index contributed by atoms with van der Waals surface area (Å²) >= 11 is 0. The molecule has 0 unspecified atom stereocenters. The van der Waals surface area contributed by atoms with Crippen molar-refractivity contribution < 1.29 is 9.47 Å². The molecule has 1 saturated heterocycles. The molecule has 0 amide bonds. The largest absolute Gasteiger partial charge is 0.487 e. The molecule has 2 aromatic rings.